The van der Waals surface area contributed by atoms with Gasteiger partial charge in [0, 0.05) is 31.4 Å². The van der Waals surface area contributed by atoms with Crippen molar-refractivity contribution in [1.29, 1.82) is 0 Å². The van der Waals surface area contributed by atoms with Crippen LogP contribution in [0.3, 0.4) is 0 Å². The van der Waals surface area contributed by atoms with Gasteiger partial charge in [0.2, 0.25) is 5.91 Å². The first kappa shape index (κ1) is 33.6. The predicted molar refractivity (Wildman–Crippen MR) is 171 cm³/mol. The normalized spacial score (nSPS) is 13.2. The van der Waals surface area contributed by atoms with Crippen LogP contribution in [0.25, 0.3) is 0 Å². The molecule has 1 heterocycles. The van der Waals surface area contributed by atoms with Crippen molar-refractivity contribution in [1.82, 2.24) is 25.8 Å². The van der Waals surface area contributed by atoms with E-state index in [2.05, 4.69) is 20.9 Å². The molecule has 4 amide bonds. The average Bonchev–Trinajstić information content (AvgIpc) is 3.51. The van der Waals surface area contributed by atoms with Crippen LogP contribution in [0.15, 0.2) is 72.4 Å². The highest BCUT2D eigenvalue weighted by Crippen LogP contribution is 2.15. The second kappa shape index (κ2) is 17.3. The van der Waals surface area contributed by atoms with E-state index < -0.39 is 12.1 Å². The van der Waals surface area contributed by atoms with Crippen LogP contribution in [0.1, 0.15) is 56.5 Å². The van der Waals surface area contributed by atoms with E-state index in [-0.39, 0.29) is 42.6 Å². The molecule has 0 aliphatic carbocycles. The van der Waals surface area contributed by atoms with Crippen molar-refractivity contribution in [2.75, 3.05) is 7.05 Å². The number of benzene rings is 2. The fourth-order valence-electron chi connectivity index (χ4n) is 4.60. The van der Waals surface area contributed by atoms with Gasteiger partial charge in [-0.05, 0) is 56.6 Å². The van der Waals surface area contributed by atoms with Gasteiger partial charge >= 0.3 is 12.1 Å². The standard InChI is InChI=1S/C33H45N5O4S/c1-23(2)30(37-32(40)38(5)24(3)4)31(39)35-27(18-25-12-8-6-9-13-25)16-17-28(19-26-14-10-7-11-15-26)36-33(41)42-21-29-20-34-22-43-29/h6-15,20,22-24,27-28,30H,16-19,21H2,1-5H3,(H,35,39)(H,36,41)(H,37,40)/t27-,28-,30+/m1/s1. The van der Waals surface area contributed by atoms with Gasteiger partial charge in [0.25, 0.3) is 0 Å². The number of urea groups is 1. The second-order valence-electron chi connectivity index (χ2n) is 11.4. The Labute approximate surface area is 259 Å². The van der Waals surface area contributed by atoms with Crippen molar-refractivity contribution >= 4 is 29.4 Å². The van der Waals surface area contributed by atoms with Gasteiger partial charge in [-0.3, -0.25) is 9.78 Å². The van der Waals surface area contributed by atoms with Gasteiger partial charge in [-0.15, -0.1) is 11.3 Å². The monoisotopic (exact) mass is 607 g/mol. The lowest BCUT2D eigenvalue weighted by atomic mass is 9.95. The van der Waals surface area contributed by atoms with Crippen LogP contribution >= 0.6 is 11.3 Å². The Morgan fingerprint density at radius 2 is 1.40 bits per heavy atom. The molecule has 0 aliphatic rings. The third-order valence-corrected chi connectivity index (χ3v) is 8.09. The first-order valence-electron chi connectivity index (χ1n) is 14.8. The van der Waals surface area contributed by atoms with E-state index in [9.17, 15) is 14.4 Å². The minimum absolute atomic E-state index is 0.00409. The molecule has 1 aromatic heterocycles. The maximum atomic E-state index is 13.6. The van der Waals surface area contributed by atoms with Crippen LogP contribution in [-0.2, 0) is 29.0 Å². The molecule has 0 bridgehead atoms. The summed E-state index contributed by atoms with van der Waals surface area (Å²) < 4.78 is 5.46. The minimum atomic E-state index is -0.688. The zero-order valence-electron chi connectivity index (χ0n) is 25.8. The Kier molecular flexibility index (Phi) is 13.5. The maximum Gasteiger partial charge on any atom is 0.407 e. The lowest BCUT2D eigenvalue weighted by molar-refractivity contribution is -0.124. The van der Waals surface area contributed by atoms with E-state index in [1.54, 1.807) is 23.7 Å². The third kappa shape index (κ3) is 11.7. The molecule has 0 saturated carbocycles. The van der Waals surface area contributed by atoms with E-state index in [4.69, 9.17) is 4.74 Å². The summed E-state index contributed by atoms with van der Waals surface area (Å²) in [6, 6.07) is 18.6. The number of nitrogens with zero attached hydrogens (tertiary/aromatic N) is 2. The molecule has 0 unspecified atom stereocenters. The molecule has 43 heavy (non-hydrogen) atoms. The predicted octanol–water partition coefficient (Wildman–Crippen LogP) is 5.56. The summed E-state index contributed by atoms with van der Waals surface area (Å²) in [5.74, 6) is -0.333. The van der Waals surface area contributed by atoms with Crippen LogP contribution in [-0.4, -0.2) is 59.1 Å². The molecule has 2 aromatic carbocycles. The highest BCUT2D eigenvalue weighted by molar-refractivity contribution is 7.09. The number of alkyl carbamates (subject to hydrolysis) is 1. The number of rotatable bonds is 15. The number of aromatic nitrogens is 1. The molecular weight excluding hydrogens is 562 g/mol. The van der Waals surface area contributed by atoms with Crippen LogP contribution in [0, 0.1) is 5.92 Å². The Balaban J connectivity index is 1.72. The lowest BCUT2D eigenvalue weighted by Crippen LogP contribution is -2.55. The number of ether oxygens (including phenoxy) is 1. The van der Waals surface area contributed by atoms with Crippen LogP contribution in [0.5, 0.6) is 0 Å². The first-order chi connectivity index (χ1) is 20.6. The average molecular weight is 608 g/mol. The molecule has 0 radical (unpaired) electrons. The van der Waals surface area contributed by atoms with Crippen molar-refractivity contribution in [3.8, 4) is 0 Å². The van der Waals surface area contributed by atoms with Crippen molar-refractivity contribution in [2.45, 2.75) is 84.2 Å². The number of thiazole rings is 1. The molecular formula is C33H45N5O4S. The molecule has 0 aliphatic heterocycles. The van der Waals surface area contributed by atoms with Crippen molar-refractivity contribution in [3.63, 3.8) is 0 Å². The van der Waals surface area contributed by atoms with E-state index in [0.29, 0.717) is 25.7 Å². The summed E-state index contributed by atoms with van der Waals surface area (Å²) in [4.78, 5) is 45.6. The van der Waals surface area contributed by atoms with Gasteiger partial charge in [0.1, 0.15) is 12.6 Å². The van der Waals surface area contributed by atoms with E-state index >= 15 is 0 Å². The summed E-state index contributed by atoms with van der Waals surface area (Å²) in [7, 11) is 1.72. The molecule has 0 spiro atoms. The molecule has 3 N–H and O–H groups in total. The second-order valence-corrected chi connectivity index (χ2v) is 12.4. The first-order valence-corrected chi connectivity index (χ1v) is 15.7. The maximum absolute atomic E-state index is 13.6. The smallest absolute Gasteiger partial charge is 0.407 e. The molecule has 10 heteroatoms. The van der Waals surface area contributed by atoms with Gasteiger partial charge in [0.05, 0.1) is 10.4 Å². The van der Waals surface area contributed by atoms with Gasteiger partial charge in [-0.1, -0.05) is 74.5 Å². The zero-order valence-corrected chi connectivity index (χ0v) is 26.6. The van der Waals surface area contributed by atoms with E-state index in [0.717, 1.165) is 16.0 Å². The summed E-state index contributed by atoms with van der Waals surface area (Å²) in [6.07, 6.45) is 3.65. The highest BCUT2D eigenvalue weighted by atomic mass is 32.1. The third-order valence-electron chi connectivity index (χ3n) is 7.33. The summed E-state index contributed by atoms with van der Waals surface area (Å²) in [6.45, 7) is 7.85. The van der Waals surface area contributed by atoms with Gasteiger partial charge in [0.15, 0.2) is 0 Å². The number of carbonyl (C=O) groups is 3. The van der Waals surface area contributed by atoms with Gasteiger partial charge in [-0.25, -0.2) is 9.59 Å². The molecule has 3 atom stereocenters. The van der Waals surface area contributed by atoms with Crippen molar-refractivity contribution in [3.05, 3.63) is 88.4 Å². The quantitative estimate of drug-likeness (QED) is 0.209. The SMILES string of the molecule is CC(C)[C@H](NC(=O)N(C)C(C)C)C(=O)N[C@H](CC[C@H](Cc1ccccc1)NC(=O)OCc1cncs1)Cc1ccccc1. The molecule has 232 valence electrons. The molecule has 0 fully saturated rings. The Morgan fingerprint density at radius 3 is 1.88 bits per heavy atom. The topological polar surface area (TPSA) is 113 Å². The van der Waals surface area contributed by atoms with Crippen LogP contribution < -0.4 is 16.0 Å². The summed E-state index contributed by atoms with van der Waals surface area (Å²) >= 11 is 1.43. The number of nitrogens with one attached hydrogen (secondary N) is 3. The Morgan fingerprint density at radius 1 is 0.837 bits per heavy atom. The highest BCUT2D eigenvalue weighted by Gasteiger charge is 2.28. The molecule has 9 nitrogen and oxygen atoms in total. The van der Waals surface area contributed by atoms with Crippen LogP contribution in [0.4, 0.5) is 9.59 Å². The summed E-state index contributed by atoms with van der Waals surface area (Å²) in [5, 5.41) is 9.17. The molecule has 3 rings (SSSR count). The van der Waals surface area contributed by atoms with Crippen molar-refractivity contribution < 1.29 is 19.1 Å². The van der Waals surface area contributed by atoms with Gasteiger partial charge in [-0.2, -0.15) is 0 Å². The summed E-state index contributed by atoms with van der Waals surface area (Å²) in [5.41, 5.74) is 3.89. The molecule has 3 aromatic rings. The fraction of sp³-hybridized carbons (Fsp3) is 0.455. The number of carbonyl (C=O) groups excluding carboxylic acids is 3. The van der Waals surface area contributed by atoms with Gasteiger partial charge < -0.3 is 25.6 Å². The Bertz CT molecular complexity index is 1250. The zero-order chi connectivity index (χ0) is 31.2. The Hall–Kier alpha value is -3.92. The fourth-order valence-corrected chi connectivity index (χ4v) is 5.11. The minimum Gasteiger partial charge on any atom is -0.444 e. The lowest BCUT2D eigenvalue weighted by Gasteiger charge is -2.29. The van der Waals surface area contributed by atoms with Crippen molar-refractivity contribution in [2.24, 2.45) is 5.92 Å². The largest absolute Gasteiger partial charge is 0.444 e. The van der Waals surface area contributed by atoms with E-state index in [1.165, 1.54) is 11.3 Å². The molecule has 0 saturated heterocycles. The number of hydrogen-bond acceptors (Lipinski definition) is 6. The number of hydrogen-bond donors (Lipinski definition) is 3. The number of amides is 4. The van der Waals surface area contributed by atoms with Crippen LogP contribution in [0.2, 0.25) is 0 Å². The van der Waals surface area contributed by atoms with E-state index in [1.807, 2.05) is 88.4 Å².